The number of nitrogens with one attached hydrogen (secondary N) is 2. The molecule has 7 heteroatoms. The van der Waals surface area contributed by atoms with Crippen molar-refractivity contribution in [3.8, 4) is 0 Å². The van der Waals surface area contributed by atoms with Gasteiger partial charge in [0, 0.05) is 50.4 Å². The number of carbonyl (C=O) groups excluding carboxylic acids is 3. The molecule has 1 atom stereocenters. The minimum Gasteiger partial charge on any atom is -0.353 e. The second kappa shape index (κ2) is 9.33. The van der Waals surface area contributed by atoms with Crippen molar-refractivity contribution in [2.24, 2.45) is 0 Å². The Morgan fingerprint density at radius 3 is 2.46 bits per heavy atom. The molecular weight excluding hydrogens is 332 g/mol. The van der Waals surface area contributed by atoms with Gasteiger partial charge in [0.05, 0.1) is 6.54 Å². The van der Waals surface area contributed by atoms with Crippen molar-refractivity contribution in [1.29, 1.82) is 0 Å². The summed E-state index contributed by atoms with van der Waals surface area (Å²) in [7, 11) is 0. The summed E-state index contributed by atoms with van der Waals surface area (Å²) in [5.41, 5.74) is 1.17. The van der Waals surface area contributed by atoms with Gasteiger partial charge in [-0.2, -0.15) is 0 Å². The van der Waals surface area contributed by atoms with Gasteiger partial charge in [0.1, 0.15) is 0 Å². The average molecular weight is 360 g/mol. The predicted molar refractivity (Wildman–Crippen MR) is 101 cm³/mol. The van der Waals surface area contributed by atoms with E-state index in [1.54, 1.807) is 29.2 Å². The van der Waals surface area contributed by atoms with Crippen LogP contribution >= 0.6 is 0 Å². The van der Waals surface area contributed by atoms with Gasteiger partial charge < -0.3 is 15.5 Å². The molecule has 1 saturated heterocycles. The largest absolute Gasteiger partial charge is 0.353 e. The standard InChI is InChI=1S/C19H28N4O3/c1-4-14(2)20-18(25)13-22-8-10-23(11-9-22)19(26)16-6-5-7-17(12-16)21-15(3)24/h5-7,12,14H,4,8-11,13H2,1-3H3,(H,20,25)(H,21,24). The zero-order chi connectivity index (χ0) is 19.1. The Kier molecular flexibility index (Phi) is 7.15. The third kappa shape index (κ3) is 5.84. The van der Waals surface area contributed by atoms with Crippen LogP contribution in [0, 0.1) is 0 Å². The smallest absolute Gasteiger partial charge is 0.254 e. The Morgan fingerprint density at radius 2 is 1.85 bits per heavy atom. The van der Waals surface area contributed by atoms with E-state index in [1.165, 1.54) is 6.92 Å². The molecule has 1 fully saturated rings. The van der Waals surface area contributed by atoms with Crippen LogP contribution in [0.5, 0.6) is 0 Å². The fraction of sp³-hybridized carbons (Fsp3) is 0.526. The maximum Gasteiger partial charge on any atom is 0.254 e. The molecule has 1 unspecified atom stereocenters. The number of benzene rings is 1. The SMILES string of the molecule is CCC(C)NC(=O)CN1CCN(C(=O)c2cccc(NC(C)=O)c2)CC1. The third-order valence-corrected chi connectivity index (χ3v) is 4.48. The normalized spacial score (nSPS) is 16.0. The number of rotatable bonds is 6. The first-order valence-electron chi connectivity index (χ1n) is 9.07. The lowest BCUT2D eigenvalue weighted by molar-refractivity contribution is -0.123. The Hall–Kier alpha value is -2.41. The van der Waals surface area contributed by atoms with Crippen molar-refractivity contribution in [2.75, 3.05) is 38.0 Å². The Bertz CT molecular complexity index is 654. The monoisotopic (exact) mass is 360 g/mol. The summed E-state index contributed by atoms with van der Waals surface area (Å²) in [5, 5.41) is 5.65. The molecule has 3 amide bonds. The molecule has 0 radical (unpaired) electrons. The summed E-state index contributed by atoms with van der Waals surface area (Å²) >= 11 is 0. The molecule has 0 spiro atoms. The lowest BCUT2D eigenvalue weighted by atomic mass is 10.1. The van der Waals surface area contributed by atoms with Gasteiger partial charge in [-0.25, -0.2) is 0 Å². The van der Waals surface area contributed by atoms with Crippen molar-refractivity contribution in [3.63, 3.8) is 0 Å². The summed E-state index contributed by atoms with van der Waals surface area (Å²) in [6.45, 7) is 8.34. The summed E-state index contributed by atoms with van der Waals surface area (Å²) in [6, 6.07) is 7.14. The second-order valence-corrected chi connectivity index (χ2v) is 6.71. The van der Waals surface area contributed by atoms with Gasteiger partial charge in [0.2, 0.25) is 11.8 Å². The van der Waals surface area contributed by atoms with Gasteiger partial charge in [0.15, 0.2) is 0 Å². The topological polar surface area (TPSA) is 81.8 Å². The molecule has 1 heterocycles. The van der Waals surface area contributed by atoms with Gasteiger partial charge in [-0.1, -0.05) is 13.0 Å². The molecule has 1 aromatic carbocycles. The number of anilines is 1. The highest BCUT2D eigenvalue weighted by molar-refractivity contribution is 5.96. The number of amides is 3. The maximum atomic E-state index is 12.7. The van der Waals surface area contributed by atoms with Crippen LogP contribution in [0.3, 0.4) is 0 Å². The molecule has 1 aromatic rings. The van der Waals surface area contributed by atoms with Crippen LogP contribution in [0.2, 0.25) is 0 Å². The molecule has 0 bridgehead atoms. The molecule has 2 rings (SSSR count). The number of hydrogen-bond acceptors (Lipinski definition) is 4. The fourth-order valence-corrected chi connectivity index (χ4v) is 2.85. The van der Waals surface area contributed by atoms with E-state index < -0.39 is 0 Å². The van der Waals surface area contributed by atoms with Gasteiger partial charge in [-0.05, 0) is 31.5 Å². The molecule has 0 aliphatic carbocycles. The fourth-order valence-electron chi connectivity index (χ4n) is 2.85. The van der Waals surface area contributed by atoms with Crippen molar-refractivity contribution < 1.29 is 14.4 Å². The number of nitrogens with zero attached hydrogens (tertiary/aromatic N) is 2. The zero-order valence-corrected chi connectivity index (χ0v) is 15.7. The van der Waals surface area contributed by atoms with E-state index in [0.717, 1.165) is 6.42 Å². The molecule has 0 aromatic heterocycles. The first-order valence-corrected chi connectivity index (χ1v) is 9.07. The van der Waals surface area contributed by atoms with Crippen molar-refractivity contribution in [3.05, 3.63) is 29.8 Å². The summed E-state index contributed by atoms with van der Waals surface area (Å²) in [4.78, 5) is 39.7. The quantitative estimate of drug-likeness (QED) is 0.802. The van der Waals surface area contributed by atoms with E-state index in [2.05, 4.69) is 15.5 Å². The van der Waals surface area contributed by atoms with Gasteiger partial charge >= 0.3 is 0 Å². The molecule has 0 saturated carbocycles. The Balaban J connectivity index is 1.86. The Morgan fingerprint density at radius 1 is 1.15 bits per heavy atom. The first-order chi connectivity index (χ1) is 12.4. The lowest BCUT2D eigenvalue weighted by Gasteiger charge is -2.34. The number of piperazine rings is 1. The van der Waals surface area contributed by atoms with Gasteiger partial charge in [0.25, 0.3) is 5.91 Å². The minimum absolute atomic E-state index is 0.0298. The molecule has 1 aliphatic heterocycles. The molecule has 1 aliphatic rings. The zero-order valence-electron chi connectivity index (χ0n) is 15.7. The molecule has 142 valence electrons. The highest BCUT2D eigenvalue weighted by atomic mass is 16.2. The van der Waals surface area contributed by atoms with Crippen LogP contribution in [-0.4, -0.2) is 66.3 Å². The van der Waals surface area contributed by atoms with E-state index in [1.807, 2.05) is 13.8 Å². The first kappa shape index (κ1) is 19.9. The summed E-state index contributed by atoms with van der Waals surface area (Å²) < 4.78 is 0. The van der Waals surface area contributed by atoms with E-state index in [0.29, 0.717) is 44.0 Å². The highest BCUT2D eigenvalue weighted by Gasteiger charge is 2.23. The maximum absolute atomic E-state index is 12.7. The molecule has 2 N–H and O–H groups in total. The van der Waals surface area contributed by atoms with Crippen LogP contribution in [0.25, 0.3) is 0 Å². The minimum atomic E-state index is -0.168. The van der Waals surface area contributed by atoms with Crippen LogP contribution in [-0.2, 0) is 9.59 Å². The average Bonchev–Trinajstić information content (AvgIpc) is 2.61. The van der Waals surface area contributed by atoms with Crippen molar-refractivity contribution >= 4 is 23.4 Å². The van der Waals surface area contributed by atoms with Gasteiger partial charge in [-0.3, -0.25) is 19.3 Å². The van der Waals surface area contributed by atoms with Crippen LogP contribution in [0.1, 0.15) is 37.6 Å². The van der Waals surface area contributed by atoms with Crippen molar-refractivity contribution in [1.82, 2.24) is 15.1 Å². The van der Waals surface area contributed by atoms with Crippen molar-refractivity contribution in [2.45, 2.75) is 33.2 Å². The van der Waals surface area contributed by atoms with E-state index in [-0.39, 0.29) is 23.8 Å². The van der Waals surface area contributed by atoms with Crippen LogP contribution in [0.4, 0.5) is 5.69 Å². The third-order valence-electron chi connectivity index (χ3n) is 4.48. The van der Waals surface area contributed by atoms with E-state index in [4.69, 9.17) is 0 Å². The number of hydrogen-bond donors (Lipinski definition) is 2. The lowest BCUT2D eigenvalue weighted by Crippen LogP contribution is -2.51. The van der Waals surface area contributed by atoms with Crippen LogP contribution < -0.4 is 10.6 Å². The second-order valence-electron chi connectivity index (χ2n) is 6.71. The van der Waals surface area contributed by atoms with E-state index in [9.17, 15) is 14.4 Å². The van der Waals surface area contributed by atoms with E-state index >= 15 is 0 Å². The van der Waals surface area contributed by atoms with Gasteiger partial charge in [-0.15, -0.1) is 0 Å². The number of carbonyl (C=O) groups is 3. The van der Waals surface area contributed by atoms with Crippen LogP contribution in [0.15, 0.2) is 24.3 Å². The predicted octanol–water partition coefficient (Wildman–Crippen LogP) is 1.32. The molecular formula is C19H28N4O3. The Labute approximate surface area is 154 Å². The summed E-state index contributed by atoms with van der Waals surface area (Å²) in [6.07, 6.45) is 0.908. The molecule has 7 nitrogen and oxygen atoms in total. The highest BCUT2D eigenvalue weighted by Crippen LogP contribution is 2.14. The summed E-state index contributed by atoms with van der Waals surface area (Å²) in [5.74, 6) is -0.193. The molecule has 26 heavy (non-hydrogen) atoms.